The zero-order valence-corrected chi connectivity index (χ0v) is 18.3. The summed E-state index contributed by atoms with van der Waals surface area (Å²) in [6.45, 7) is 9.24. The van der Waals surface area contributed by atoms with Crippen molar-refractivity contribution < 1.29 is 13.2 Å². The van der Waals surface area contributed by atoms with Crippen molar-refractivity contribution in [3.8, 4) is 0 Å². The molecule has 0 saturated carbocycles. The molecule has 28 heavy (non-hydrogen) atoms. The van der Waals surface area contributed by atoms with Crippen LogP contribution < -0.4 is 9.62 Å². The maximum absolute atomic E-state index is 13.0. The minimum Gasteiger partial charge on any atom is -0.349 e. The molecular formula is C22H30N2O3S. The summed E-state index contributed by atoms with van der Waals surface area (Å²) in [5.74, 6) is -0.327. The highest BCUT2D eigenvalue weighted by Crippen LogP contribution is 2.26. The zero-order valence-electron chi connectivity index (χ0n) is 17.5. The fourth-order valence-corrected chi connectivity index (χ4v) is 4.55. The van der Waals surface area contributed by atoms with Crippen LogP contribution in [0, 0.1) is 13.8 Å². The van der Waals surface area contributed by atoms with E-state index in [0.717, 1.165) is 22.9 Å². The smallest absolute Gasteiger partial charge is 0.244 e. The van der Waals surface area contributed by atoms with E-state index in [-0.39, 0.29) is 5.91 Å². The van der Waals surface area contributed by atoms with Gasteiger partial charge in [-0.2, -0.15) is 0 Å². The number of rotatable bonds is 7. The quantitative estimate of drug-likeness (QED) is 0.770. The third-order valence-corrected chi connectivity index (χ3v) is 5.87. The molecule has 0 aliphatic heterocycles. The second-order valence-corrected chi connectivity index (χ2v) is 9.92. The van der Waals surface area contributed by atoms with E-state index >= 15 is 0 Å². The number of benzene rings is 2. The summed E-state index contributed by atoms with van der Waals surface area (Å²) in [7, 11) is -3.64. The molecule has 6 heteroatoms. The average Bonchev–Trinajstić information content (AvgIpc) is 2.57. The minimum atomic E-state index is -3.64. The third kappa shape index (κ3) is 5.58. The molecule has 0 aliphatic rings. The Balaban J connectivity index is 2.28. The van der Waals surface area contributed by atoms with E-state index in [1.165, 1.54) is 4.31 Å². The Morgan fingerprint density at radius 3 is 2.29 bits per heavy atom. The van der Waals surface area contributed by atoms with E-state index in [2.05, 4.69) is 5.32 Å². The van der Waals surface area contributed by atoms with Gasteiger partial charge in [-0.25, -0.2) is 8.42 Å². The highest BCUT2D eigenvalue weighted by molar-refractivity contribution is 7.92. The highest BCUT2D eigenvalue weighted by Gasteiger charge is 2.32. The Labute approximate surface area is 168 Å². The molecule has 2 rings (SSSR count). The Morgan fingerprint density at radius 2 is 1.71 bits per heavy atom. The molecule has 0 fully saturated rings. The normalized spacial score (nSPS) is 13.1. The van der Waals surface area contributed by atoms with Gasteiger partial charge in [-0.15, -0.1) is 0 Å². The van der Waals surface area contributed by atoms with Gasteiger partial charge in [-0.05, 0) is 63.8 Å². The second-order valence-electron chi connectivity index (χ2n) is 8.06. The molecule has 0 aliphatic carbocycles. The molecule has 0 bridgehead atoms. The number of hydrogen-bond acceptors (Lipinski definition) is 3. The molecule has 0 aromatic heterocycles. The van der Waals surface area contributed by atoms with Crippen LogP contribution in [0.5, 0.6) is 0 Å². The number of aryl methyl sites for hydroxylation is 2. The lowest BCUT2D eigenvalue weighted by Gasteiger charge is -2.33. The van der Waals surface area contributed by atoms with Gasteiger partial charge in [0.05, 0.1) is 11.9 Å². The average molecular weight is 403 g/mol. The van der Waals surface area contributed by atoms with Gasteiger partial charge in [0.1, 0.15) is 6.04 Å². The van der Waals surface area contributed by atoms with Gasteiger partial charge < -0.3 is 5.32 Å². The summed E-state index contributed by atoms with van der Waals surface area (Å²) >= 11 is 0. The summed E-state index contributed by atoms with van der Waals surface area (Å²) in [5.41, 5.74) is 2.86. The summed E-state index contributed by atoms with van der Waals surface area (Å²) in [5, 5.41) is 3.02. The number of amides is 1. The number of sulfonamides is 1. The molecule has 1 amide bonds. The van der Waals surface area contributed by atoms with Crippen LogP contribution in [-0.2, 0) is 21.2 Å². The number of nitrogens with one attached hydrogen (secondary N) is 1. The van der Waals surface area contributed by atoms with Gasteiger partial charge in [-0.1, -0.05) is 42.5 Å². The molecule has 0 radical (unpaired) electrons. The molecule has 0 saturated heterocycles. The molecule has 0 spiro atoms. The van der Waals surface area contributed by atoms with Crippen LogP contribution in [0.25, 0.3) is 0 Å². The SMILES string of the molecule is Cc1ccc(C)c(N([C@H](C)C(=O)NC(C)(C)Cc2ccccc2)S(C)(=O)=O)c1. The number of nitrogens with zero attached hydrogens (tertiary/aromatic N) is 1. The first-order valence-electron chi connectivity index (χ1n) is 9.33. The summed E-state index contributed by atoms with van der Waals surface area (Å²) in [4.78, 5) is 13.0. The summed E-state index contributed by atoms with van der Waals surface area (Å²) in [6, 6.07) is 14.6. The van der Waals surface area contributed by atoms with Crippen molar-refractivity contribution in [1.82, 2.24) is 5.32 Å². The zero-order chi connectivity index (χ0) is 21.1. The Bertz CT molecular complexity index is 938. The largest absolute Gasteiger partial charge is 0.349 e. The van der Waals surface area contributed by atoms with Crippen molar-refractivity contribution in [3.05, 3.63) is 65.2 Å². The second kappa shape index (κ2) is 8.35. The molecule has 2 aromatic rings. The Kier molecular flexibility index (Phi) is 6.55. The van der Waals surface area contributed by atoms with Crippen molar-refractivity contribution in [3.63, 3.8) is 0 Å². The summed E-state index contributed by atoms with van der Waals surface area (Å²) < 4.78 is 26.3. The van der Waals surface area contributed by atoms with E-state index in [1.807, 2.05) is 70.2 Å². The Hall–Kier alpha value is -2.34. The first-order chi connectivity index (χ1) is 12.9. The van der Waals surface area contributed by atoms with Crippen LogP contribution in [0.1, 0.15) is 37.5 Å². The fourth-order valence-electron chi connectivity index (χ4n) is 3.33. The molecule has 0 heterocycles. The molecule has 5 nitrogen and oxygen atoms in total. The van der Waals surface area contributed by atoms with E-state index in [4.69, 9.17) is 0 Å². The van der Waals surface area contributed by atoms with E-state index < -0.39 is 21.6 Å². The van der Waals surface area contributed by atoms with Crippen LogP contribution >= 0.6 is 0 Å². The van der Waals surface area contributed by atoms with Gasteiger partial charge in [-0.3, -0.25) is 9.10 Å². The standard InChI is InChI=1S/C22H30N2O3S/c1-16-12-13-17(2)20(14-16)24(28(6,26)27)18(3)21(25)23-22(4,5)15-19-10-8-7-9-11-19/h7-14,18H,15H2,1-6H3,(H,23,25)/t18-/m1/s1. The number of carbonyl (C=O) groups is 1. The maximum Gasteiger partial charge on any atom is 0.244 e. The molecule has 1 atom stereocenters. The fraction of sp³-hybridized carbons (Fsp3) is 0.409. The van der Waals surface area contributed by atoms with Gasteiger partial charge in [0, 0.05) is 5.54 Å². The van der Waals surface area contributed by atoms with Crippen LogP contribution in [0.15, 0.2) is 48.5 Å². The highest BCUT2D eigenvalue weighted by atomic mass is 32.2. The number of anilines is 1. The monoisotopic (exact) mass is 402 g/mol. The van der Waals surface area contributed by atoms with E-state index in [0.29, 0.717) is 12.1 Å². The van der Waals surface area contributed by atoms with Crippen molar-refractivity contribution in [2.75, 3.05) is 10.6 Å². The van der Waals surface area contributed by atoms with Gasteiger partial charge in [0.25, 0.3) is 0 Å². The topological polar surface area (TPSA) is 66.5 Å². The van der Waals surface area contributed by atoms with E-state index in [1.54, 1.807) is 13.0 Å². The Morgan fingerprint density at radius 1 is 1.11 bits per heavy atom. The predicted octanol–water partition coefficient (Wildman–Crippen LogP) is 3.60. The third-order valence-electron chi connectivity index (χ3n) is 4.64. The van der Waals surface area contributed by atoms with Crippen molar-refractivity contribution in [2.45, 2.75) is 52.6 Å². The maximum atomic E-state index is 13.0. The first-order valence-corrected chi connectivity index (χ1v) is 11.2. The van der Waals surface area contributed by atoms with Crippen LogP contribution in [0.3, 0.4) is 0 Å². The van der Waals surface area contributed by atoms with Gasteiger partial charge in [0.2, 0.25) is 15.9 Å². The predicted molar refractivity (Wildman–Crippen MR) is 115 cm³/mol. The van der Waals surface area contributed by atoms with Gasteiger partial charge >= 0.3 is 0 Å². The lowest BCUT2D eigenvalue weighted by molar-refractivity contribution is -0.123. The van der Waals surface area contributed by atoms with Crippen LogP contribution in [0.4, 0.5) is 5.69 Å². The molecular weight excluding hydrogens is 372 g/mol. The molecule has 152 valence electrons. The van der Waals surface area contributed by atoms with E-state index in [9.17, 15) is 13.2 Å². The number of carbonyl (C=O) groups excluding carboxylic acids is 1. The lowest BCUT2D eigenvalue weighted by atomic mass is 9.94. The van der Waals surface area contributed by atoms with Crippen molar-refractivity contribution in [1.29, 1.82) is 0 Å². The lowest BCUT2D eigenvalue weighted by Crippen LogP contribution is -2.54. The molecule has 0 unspecified atom stereocenters. The van der Waals surface area contributed by atoms with Crippen LogP contribution in [-0.4, -0.2) is 32.2 Å². The summed E-state index contributed by atoms with van der Waals surface area (Å²) in [6.07, 6.45) is 1.78. The van der Waals surface area contributed by atoms with Gasteiger partial charge in [0.15, 0.2) is 0 Å². The first kappa shape index (κ1) is 22.0. The van der Waals surface area contributed by atoms with Crippen molar-refractivity contribution in [2.24, 2.45) is 0 Å². The van der Waals surface area contributed by atoms with Crippen LogP contribution in [0.2, 0.25) is 0 Å². The minimum absolute atomic E-state index is 0.327. The molecule has 2 aromatic carbocycles. The number of hydrogen-bond donors (Lipinski definition) is 1. The molecule has 1 N–H and O–H groups in total. The van der Waals surface area contributed by atoms with Crippen molar-refractivity contribution >= 4 is 21.6 Å².